The lowest BCUT2D eigenvalue weighted by Gasteiger charge is -2.02. The Labute approximate surface area is 159 Å². The number of methoxy groups -OCH3 is 1. The Hall–Kier alpha value is -2.86. The lowest BCUT2D eigenvalue weighted by Crippen LogP contribution is -2.17. The molecule has 5 nitrogen and oxygen atoms in total. The molecule has 0 aliphatic heterocycles. The van der Waals surface area contributed by atoms with Crippen molar-refractivity contribution in [3.05, 3.63) is 76.0 Å². The Balaban J connectivity index is 1.64. The number of hydrogen-bond donors (Lipinski definition) is 1. The second kappa shape index (κ2) is 8.01. The largest absolute Gasteiger partial charge is 0.497 e. The first kappa shape index (κ1) is 17.9. The number of hydrogen-bond acceptors (Lipinski definition) is 4. The summed E-state index contributed by atoms with van der Waals surface area (Å²) in [6.45, 7) is 2.03. The number of carbonyl (C=O) groups is 1. The van der Waals surface area contributed by atoms with Crippen molar-refractivity contribution in [3.63, 3.8) is 0 Å². The molecule has 0 aliphatic rings. The van der Waals surface area contributed by atoms with E-state index in [9.17, 15) is 4.79 Å². The summed E-state index contributed by atoms with van der Waals surface area (Å²) in [6.07, 6.45) is 1.47. The fraction of sp³-hybridized carbons (Fsp3) is 0.100. The van der Waals surface area contributed by atoms with Crippen LogP contribution in [0, 0.1) is 6.92 Å². The summed E-state index contributed by atoms with van der Waals surface area (Å²) < 4.78 is 11.8. The molecule has 0 radical (unpaired) electrons. The van der Waals surface area contributed by atoms with Crippen LogP contribution in [-0.4, -0.2) is 19.2 Å². The summed E-state index contributed by atoms with van der Waals surface area (Å²) >= 11 is 3.52. The number of benzene rings is 2. The Kier molecular flexibility index (Phi) is 5.53. The molecule has 0 aliphatic carbocycles. The highest BCUT2D eigenvalue weighted by Gasteiger charge is 2.06. The van der Waals surface area contributed by atoms with Gasteiger partial charge in [0.25, 0.3) is 5.91 Å². The van der Waals surface area contributed by atoms with Gasteiger partial charge in [-0.25, -0.2) is 5.43 Å². The molecule has 1 amide bonds. The molecule has 3 rings (SSSR count). The minimum Gasteiger partial charge on any atom is -0.497 e. The number of hydrazone groups is 1. The molecule has 2 aromatic carbocycles. The van der Waals surface area contributed by atoms with Crippen molar-refractivity contribution in [1.29, 1.82) is 0 Å². The van der Waals surface area contributed by atoms with E-state index in [0.717, 1.165) is 21.4 Å². The molecule has 1 heterocycles. The van der Waals surface area contributed by atoms with Gasteiger partial charge in [0.05, 0.1) is 13.3 Å². The number of ether oxygens (including phenoxy) is 1. The van der Waals surface area contributed by atoms with Crippen LogP contribution in [0.3, 0.4) is 0 Å². The Bertz CT molecular complexity index is 946. The first-order valence-electron chi connectivity index (χ1n) is 7.90. The van der Waals surface area contributed by atoms with E-state index in [1.807, 2.05) is 31.2 Å². The highest BCUT2D eigenvalue weighted by molar-refractivity contribution is 9.10. The molecule has 0 bridgehead atoms. The topological polar surface area (TPSA) is 63.8 Å². The van der Waals surface area contributed by atoms with E-state index in [-0.39, 0.29) is 5.91 Å². The lowest BCUT2D eigenvalue weighted by atomic mass is 10.1. The van der Waals surface area contributed by atoms with Crippen LogP contribution in [0.5, 0.6) is 5.75 Å². The highest BCUT2D eigenvalue weighted by Crippen LogP contribution is 2.26. The van der Waals surface area contributed by atoms with Crippen molar-refractivity contribution in [2.75, 3.05) is 7.11 Å². The zero-order chi connectivity index (χ0) is 18.5. The Morgan fingerprint density at radius 1 is 1.15 bits per heavy atom. The van der Waals surface area contributed by atoms with E-state index in [0.29, 0.717) is 17.1 Å². The number of aryl methyl sites for hydroxylation is 1. The zero-order valence-corrected chi connectivity index (χ0v) is 15.9. The van der Waals surface area contributed by atoms with Crippen LogP contribution in [0.1, 0.15) is 21.7 Å². The van der Waals surface area contributed by atoms with Gasteiger partial charge in [-0.1, -0.05) is 28.1 Å². The van der Waals surface area contributed by atoms with Gasteiger partial charge < -0.3 is 9.15 Å². The van der Waals surface area contributed by atoms with Crippen LogP contribution in [0.4, 0.5) is 0 Å². The highest BCUT2D eigenvalue weighted by atomic mass is 79.9. The SMILES string of the molecule is COc1ccc(C(=O)N/N=C\c2ccc(-c3ccc(C)c(Br)c3)o2)cc1. The number of furan rings is 1. The number of carbonyl (C=O) groups excluding carboxylic acids is 1. The Morgan fingerprint density at radius 2 is 1.92 bits per heavy atom. The summed E-state index contributed by atoms with van der Waals surface area (Å²) in [7, 11) is 1.58. The third kappa shape index (κ3) is 4.21. The molecule has 0 fully saturated rings. The normalized spacial score (nSPS) is 10.9. The number of halogens is 1. The second-order valence-electron chi connectivity index (χ2n) is 5.59. The molecule has 0 saturated carbocycles. The summed E-state index contributed by atoms with van der Waals surface area (Å²) in [6, 6.07) is 16.5. The van der Waals surface area contributed by atoms with Crippen LogP contribution in [-0.2, 0) is 0 Å². The van der Waals surface area contributed by atoms with Crippen LogP contribution in [0.15, 0.2) is 68.6 Å². The molecule has 0 atom stereocenters. The molecule has 0 unspecified atom stereocenters. The molecule has 0 saturated heterocycles. The fourth-order valence-electron chi connectivity index (χ4n) is 2.28. The van der Waals surface area contributed by atoms with E-state index in [1.54, 1.807) is 37.4 Å². The van der Waals surface area contributed by atoms with E-state index < -0.39 is 0 Å². The number of amides is 1. The van der Waals surface area contributed by atoms with E-state index in [1.165, 1.54) is 6.21 Å². The summed E-state index contributed by atoms with van der Waals surface area (Å²) in [5.41, 5.74) is 5.08. The van der Waals surface area contributed by atoms with Gasteiger partial charge in [0.15, 0.2) is 0 Å². The predicted octanol–water partition coefficient (Wildman–Crippen LogP) is 4.79. The van der Waals surface area contributed by atoms with Gasteiger partial charge in [0.2, 0.25) is 0 Å². The molecule has 1 N–H and O–H groups in total. The van der Waals surface area contributed by atoms with Gasteiger partial charge >= 0.3 is 0 Å². The minimum absolute atomic E-state index is 0.307. The van der Waals surface area contributed by atoms with Crippen molar-refractivity contribution in [2.24, 2.45) is 5.10 Å². The summed E-state index contributed by atoms with van der Waals surface area (Å²) in [5.74, 6) is 1.66. The van der Waals surface area contributed by atoms with Gasteiger partial charge in [-0.3, -0.25) is 4.79 Å². The van der Waals surface area contributed by atoms with Crippen molar-refractivity contribution < 1.29 is 13.9 Å². The van der Waals surface area contributed by atoms with Gasteiger partial charge in [-0.15, -0.1) is 0 Å². The van der Waals surface area contributed by atoms with Crippen LogP contribution >= 0.6 is 15.9 Å². The van der Waals surface area contributed by atoms with Crippen molar-refractivity contribution in [2.45, 2.75) is 6.92 Å². The van der Waals surface area contributed by atoms with Gasteiger partial charge in [-0.05, 0) is 55.0 Å². The van der Waals surface area contributed by atoms with Crippen molar-refractivity contribution in [3.8, 4) is 17.1 Å². The molecule has 0 spiro atoms. The number of nitrogens with zero attached hydrogens (tertiary/aromatic N) is 1. The zero-order valence-electron chi connectivity index (χ0n) is 14.3. The van der Waals surface area contributed by atoms with Gasteiger partial charge in [-0.2, -0.15) is 5.10 Å². The molecule has 132 valence electrons. The first-order valence-corrected chi connectivity index (χ1v) is 8.70. The van der Waals surface area contributed by atoms with Crippen molar-refractivity contribution in [1.82, 2.24) is 5.43 Å². The average Bonchev–Trinajstić information content (AvgIpc) is 3.13. The van der Waals surface area contributed by atoms with Crippen LogP contribution in [0.2, 0.25) is 0 Å². The molecular formula is C20H17BrN2O3. The predicted molar refractivity (Wildman–Crippen MR) is 105 cm³/mol. The van der Waals surface area contributed by atoms with Crippen LogP contribution < -0.4 is 10.2 Å². The van der Waals surface area contributed by atoms with E-state index in [2.05, 4.69) is 26.5 Å². The monoisotopic (exact) mass is 412 g/mol. The molecule has 6 heteroatoms. The number of nitrogens with one attached hydrogen (secondary N) is 1. The fourth-order valence-corrected chi connectivity index (χ4v) is 2.66. The second-order valence-corrected chi connectivity index (χ2v) is 6.45. The third-order valence-corrected chi connectivity index (χ3v) is 4.65. The maximum absolute atomic E-state index is 12.0. The standard InChI is InChI=1S/C20H17BrN2O3/c1-13-3-4-15(11-18(13)21)19-10-9-17(26-19)12-22-23-20(24)14-5-7-16(25-2)8-6-14/h3-12H,1-2H3,(H,23,24)/b22-12-. The van der Waals surface area contributed by atoms with E-state index in [4.69, 9.17) is 9.15 Å². The molecule has 1 aromatic heterocycles. The third-order valence-electron chi connectivity index (χ3n) is 3.79. The maximum atomic E-state index is 12.0. The van der Waals surface area contributed by atoms with E-state index >= 15 is 0 Å². The number of rotatable bonds is 5. The maximum Gasteiger partial charge on any atom is 0.271 e. The molecule has 3 aromatic rings. The van der Waals surface area contributed by atoms with Crippen LogP contribution in [0.25, 0.3) is 11.3 Å². The minimum atomic E-state index is -0.307. The molecular weight excluding hydrogens is 396 g/mol. The first-order chi connectivity index (χ1) is 12.6. The van der Waals surface area contributed by atoms with Crippen molar-refractivity contribution >= 4 is 28.1 Å². The lowest BCUT2D eigenvalue weighted by molar-refractivity contribution is 0.0955. The quantitative estimate of drug-likeness (QED) is 0.483. The Morgan fingerprint density at radius 3 is 2.62 bits per heavy atom. The average molecular weight is 413 g/mol. The van der Waals surface area contributed by atoms with Gasteiger partial charge in [0, 0.05) is 15.6 Å². The van der Waals surface area contributed by atoms with Gasteiger partial charge in [0.1, 0.15) is 17.3 Å². The summed E-state index contributed by atoms with van der Waals surface area (Å²) in [4.78, 5) is 12.0. The summed E-state index contributed by atoms with van der Waals surface area (Å²) in [5, 5.41) is 3.94. The smallest absolute Gasteiger partial charge is 0.271 e. The molecule has 26 heavy (non-hydrogen) atoms.